The summed E-state index contributed by atoms with van der Waals surface area (Å²) in [5.41, 5.74) is 4.26. The number of carbonyl (C=O) groups is 1. The van der Waals surface area contributed by atoms with Gasteiger partial charge in [-0.3, -0.25) is 4.79 Å². The summed E-state index contributed by atoms with van der Waals surface area (Å²) in [4.78, 5) is 11.8. The van der Waals surface area contributed by atoms with Crippen molar-refractivity contribution in [1.82, 2.24) is 0 Å². The minimum absolute atomic E-state index is 0.000788. The Labute approximate surface area is 279 Å². The Morgan fingerprint density at radius 2 is 1.64 bits per heavy atom. The van der Waals surface area contributed by atoms with Crippen molar-refractivity contribution in [2.75, 3.05) is 13.2 Å². The summed E-state index contributed by atoms with van der Waals surface area (Å²) in [7, 11) is -3.94. The van der Waals surface area contributed by atoms with E-state index in [9.17, 15) is 4.79 Å². The van der Waals surface area contributed by atoms with Crippen LogP contribution in [0.5, 0.6) is 0 Å². The third-order valence-electron chi connectivity index (χ3n) is 12.3. The van der Waals surface area contributed by atoms with Crippen LogP contribution < -0.4 is 0 Å². The molecule has 0 amide bonds. The largest absolute Gasteiger partial charge is 0.466 e. The van der Waals surface area contributed by atoms with Crippen LogP contribution in [-0.2, 0) is 23.1 Å². The molecule has 0 spiro atoms. The van der Waals surface area contributed by atoms with Crippen LogP contribution in [0.4, 0.5) is 0 Å². The van der Waals surface area contributed by atoms with E-state index >= 15 is 0 Å². The highest BCUT2D eigenvalue weighted by Gasteiger charge is 2.51. The normalized spacial score (nSPS) is 30.9. The summed E-state index contributed by atoms with van der Waals surface area (Å²) in [6.45, 7) is 35.4. The van der Waals surface area contributed by atoms with Gasteiger partial charge in [-0.05, 0) is 117 Å². The standard InChI is InChI=1S/C38H68O5Si2/c1-15-40-35(39)22-24-41-28(3)32-20-21-33-29(17-16-23-38(32,33)10)18-19-30-25-31(42-44(11,12)36(4,5)6)26-34(27(30)2)43-45(13,14)37(7,8)9/h18-19,28,31-34H,2,15-17,20-26H2,1,3-14H3/b29-18+,30-19+/t28-,31+,32+,33-,34-,38+/m0/s1. The Morgan fingerprint density at radius 1 is 1.02 bits per heavy atom. The van der Waals surface area contributed by atoms with E-state index in [1.807, 2.05) is 6.92 Å². The predicted octanol–water partition coefficient (Wildman–Crippen LogP) is 10.5. The number of hydrogen-bond acceptors (Lipinski definition) is 5. The van der Waals surface area contributed by atoms with E-state index in [4.69, 9.17) is 18.3 Å². The number of rotatable bonds is 11. The maximum Gasteiger partial charge on any atom is 0.308 e. The molecule has 0 heterocycles. The summed E-state index contributed by atoms with van der Waals surface area (Å²) >= 11 is 0. The third kappa shape index (κ3) is 9.13. The Bertz CT molecular complexity index is 1110. The van der Waals surface area contributed by atoms with Crippen molar-refractivity contribution in [2.45, 2.75) is 168 Å². The Balaban J connectivity index is 1.84. The van der Waals surface area contributed by atoms with Crippen molar-refractivity contribution >= 4 is 22.6 Å². The molecule has 258 valence electrons. The van der Waals surface area contributed by atoms with E-state index in [1.54, 1.807) is 5.57 Å². The zero-order valence-corrected chi connectivity index (χ0v) is 33.4. The van der Waals surface area contributed by atoms with Crippen LogP contribution in [0.2, 0.25) is 36.3 Å². The fraction of sp³-hybridized carbons (Fsp3) is 0.816. The lowest BCUT2D eigenvalue weighted by Crippen LogP contribution is -2.49. The molecule has 0 bridgehead atoms. The van der Waals surface area contributed by atoms with Crippen molar-refractivity contribution in [3.8, 4) is 0 Å². The molecule has 0 saturated heterocycles. The second-order valence-corrected chi connectivity index (χ2v) is 27.0. The lowest BCUT2D eigenvalue weighted by molar-refractivity contribution is -0.145. The lowest BCUT2D eigenvalue weighted by Gasteiger charge is -2.45. The average Bonchev–Trinajstić information content (AvgIpc) is 3.25. The van der Waals surface area contributed by atoms with Gasteiger partial charge in [0.1, 0.15) is 0 Å². The van der Waals surface area contributed by atoms with Crippen LogP contribution in [0.15, 0.2) is 35.5 Å². The third-order valence-corrected chi connectivity index (χ3v) is 21.4. The van der Waals surface area contributed by atoms with Gasteiger partial charge < -0.3 is 18.3 Å². The minimum Gasteiger partial charge on any atom is -0.466 e. The molecule has 0 aromatic carbocycles. The molecule has 3 rings (SSSR count). The molecule has 0 aliphatic heterocycles. The number of esters is 1. The second-order valence-electron chi connectivity index (χ2n) is 17.5. The fourth-order valence-corrected chi connectivity index (χ4v) is 10.2. The quantitative estimate of drug-likeness (QED) is 0.163. The van der Waals surface area contributed by atoms with Crippen molar-refractivity contribution in [1.29, 1.82) is 0 Å². The average molecular weight is 661 g/mol. The van der Waals surface area contributed by atoms with Gasteiger partial charge >= 0.3 is 5.97 Å². The van der Waals surface area contributed by atoms with Gasteiger partial charge in [-0.1, -0.05) is 72.8 Å². The molecule has 0 aromatic rings. The maximum atomic E-state index is 11.8. The van der Waals surface area contributed by atoms with E-state index < -0.39 is 16.6 Å². The summed E-state index contributed by atoms with van der Waals surface area (Å²) < 4.78 is 25.5. The van der Waals surface area contributed by atoms with Gasteiger partial charge in [-0.15, -0.1) is 0 Å². The monoisotopic (exact) mass is 660 g/mol. The molecule has 45 heavy (non-hydrogen) atoms. The predicted molar refractivity (Wildman–Crippen MR) is 194 cm³/mol. The topological polar surface area (TPSA) is 54.0 Å². The molecule has 0 unspecified atom stereocenters. The van der Waals surface area contributed by atoms with Crippen LogP contribution in [0.1, 0.15) is 114 Å². The van der Waals surface area contributed by atoms with E-state index in [2.05, 4.69) is 100 Å². The maximum absolute atomic E-state index is 11.8. The molecule has 0 N–H and O–H groups in total. The molecule has 3 aliphatic carbocycles. The SMILES string of the molecule is C=C1/C(=C/C=C2\CCC[C@]3(C)[C@@H]([C@H](C)OCCC(=O)OCC)CC[C@@H]23)C[C@@H](O[Si](C)(C)C(C)(C)C)C[C@@H]1O[Si](C)(C)C(C)(C)C. The first-order chi connectivity index (χ1) is 20.6. The molecule has 3 fully saturated rings. The zero-order valence-electron chi connectivity index (χ0n) is 31.4. The van der Waals surface area contributed by atoms with Crippen LogP contribution in [0, 0.1) is 17.3 Å². The Kier molecular flexibility index (Phi) is 12.5. The van der Waals surface area contributed by atoms with Crippen molar-refractivity contribution in [2.24, 2.45) is 17.3 Å². The highest BCUT2D eigenvalue weighted by atomic mass is 28.4. The van der Waals surface area contributed by atoms with Gasteiger partial charge in [-0.2, -0.15) is 0 Å². The Morgan fingerprint density at radius 3 is 2.24 bits per heavy atom. The van der Waals surface area contributed by atoms with Gasteiger partial charge in [0.15, 0.2) is 16.6 Å². The molecular formula is C38H68O5Si2. The number of fused-ring (bicyclic) bond motifs is 1. The van der Waals surface area contributed by atoms with Gasteiger partial charge in [-0.25, -0.2) is 0 Å². The van der Waals surface area contributed by atoms with E-state index in [0.717, 1.165) is 24.8 Å². The van der Waals surface area contributed by atoms with Gasteiger partial charge in [0, 0.05) is 6.42 Å². The van der Waals surface area contributed by atoms with Crippen LogP contribution in [-0.4, -0.2) is 54.1 Å². The fourth-order valence-electron chi connectivity index (χ4n) is 7.49. The first kappa shape index (κ1) is 38.5. The van der Waals surface area contributed by atoms with Crippen molar-refractivity contribution in [3.63, 3.8) is 0 Å². The van der Waals surface area contributed by atoms with Crippen LogP contribution >= 0.6 is 0 Å². The Hall–Kier alpha value is -0.996. The van der Waals surface area contributed by atoms with Gasteiger partial charge in [0.25, 0.3) is 0 Å². The second kappa shape index (κ2) is 14.6. The first-order valence-electron chi connectivity index (χ1n) is 17.8. The molecule has 3 aliphatic rings. The van der Waals surface area contributed by atoms with E-state index in [1.165, 1.54) is 31.3 Å². The summed E-state index contributed by atoms with van der Waals surface area (Å²) in [5.74, 6) is 0.893. The molecule has 3 saturated carbocycles. The summed E-state index contributed by atoms with van der Waals surface area (Å²) in [5, 5.41) is 0.298. The molecule has 0 aromatic heterocycles. The lowest BCUT2D eigenvalue weighted by atomic mass is 9.62. The van der Waals surface area contributed by atoms with E-state index in [0.29, 0.717) is 31.5 Å². The number of carbonyl (C=O) groups excluding carboxylic acids is 1. The number of allylic oxidation sites excluding steroid dienone is 3. The first-order valence-corrected chi connectivity index (χ1v) is 23.7. The zero-order chi connectivity index (χ0) is 34.0. The minimum atomic E-state index is -2.00. The van der Waals surface area contributed by atoms with Crippen LogP contribution in [0.25, 0.3) is 0 Å². The highest BCUT2D eigenvalue weighted by Crippen LogP contribution is 2.58. The number of hydrogen-bond donors (Lipinski definition) is 0. The smallest absolute Gasteiger partial charge is 0.308 e. The molecular weight excluding hydrogens is 593 g/mol. The molecule has 5 nitrogen and oxygen atoms in total. The summed E-state index contributed by atoms with van der Waals surface area (Å²) in [6.07, 6.45) is 13.2. The summed E-state index contributed by atoms with van der Waals surface area (Å²) in [6, 6.07) is 0. The van der Waals surface area contributed by atoms with Crippen molar-refractivity contribution in [3.05, 3.63) is 35.5 Å². The molecule has 6 atom stereocenters. The van der Waals surface area contributed by atoms with Gasteiger partial charge in [0.05, 0.1) is 37.9 Å². The molecule has 7 heteroatoms. The van der Waals surface area contributed by atoms with Crippen LogP contribution in [0.3, 0.4) is 0 Å². The molecule has 0 radical (unpaired) electrons. The number of ether oxygens (including phenoxy) is 2. The highest BCUT2D eigenvalue weighted by molar-refractivity contribution is 6.74. The van der Waals surface area contributed by atoms with Gasteiger partial charge in [0.2, 0.25) is 0 Å². The van der Waals surface area contributed by atoms with E-state index in [-0.39, 0.29) is 39.8 Å². The van der Waals surface area contributed by atoms with Crippen molar-refractivity contribution < 1.29 is 23.1 Å².